The van der Waals surface area contributed by atoms with E-state index in [-0.39, 0.29) is 17.2 Å². The summed E-state index contributed by atoms with van der Waals surface area (Å²) in [5, 5.41) is 13.6. The number of carboxylic acid groups (broad SMARTS) is 1. The standard InChI is InChI=1S/C18H19NO4S/c1-2-23-16-8-6-15(7-9-16)19-17(20)12-24-11-13-4-3-5-14(10-13)18(21)22/h3-10H,2,11-12H2,1H3,(H,19,20)(H,21,22)/p-1. The fraction of sp³-hybridized carbons (Fsp3) is 0.222. The second-order valence-electron chi connectivity index (χ2n) is 4.99. The van der Waals surface area contributed by atoms with Crippen molar-refractivity contribution in [2.75, 3.05) is 17.7 Å². The maximum absolute atomic E-state index is 11.9. The Morgan fingerprint density at radius 2 is 1.92 bits per heavy atom. The van der Waals surface area contributed by atoms with Crippen molar-refractivity contribution in [3.63, 3.8) is 0 Å². The first kappa shape index (κ1) is 17.9. The van der Waals surface area contributed by atoms with Crippen LogP contribution in [0.1, 0.15) is 22.8 Å². The molecular formula is C18H18NO4S-. The summed E-state index contributed by atoms with van der Waals surface area (Å²) in [5.74, 6) is 0.286. The first-order valence-corrected chi connectivity index (χ1v) is 8.64. The molecule has 0 spiro atoms. The van der Waals surface area contributed by atoms with Crippen molar-refractivity contribution >= 4 is 29.3 Å². The van der Waals surface area contributed by atoms with Gasteiger partial charge in [0, 0.05) is 11.4 Å². The Bertz CT molecular complexity index is 700. The number of hydrogen-bond donors (Lipinski definition) is 1. The molecule has 0 bridgehead atoms. The summed E-state index contributed by atoms with van der Waals surface area (Å²) in [5.41, 5.74) is 1.70. The van der Waals surface area contributed by atoms with E-state index >= 15 is 0 Å². The molecule has 0 aliphatic rings. The quantitative estimate of drug-likeness (QED) is 0.795. The van der Waals surface area contributed by atoms with E-state index in [0.29, 0.717) is 18.0 Å². The highest BCUT2D eigenvalue weighted by molar-refractivity contribution is 7.99. The van der Waals surface area contributed by atoms with Crippen LogP contribution in [0.4, 0.5) is 5.69 Å². The third kappa shape index (κ3) is 5.62. The smallest absolute Gasteiger partial charge is 0.234 e. The largest absolute Gasteiger partial charge is 0.545 e. The minimum atomic E-state index is -1.20. The average molecular weight is 344 g/mol. The molecule has 0 aliphatic carbocycles. The van der Waals surface area contributed by atoms with Gasteiger partial charge in [-0.1, -0.05) is 18.2 Å². The molecule has 0 aliphatic heterocycles. The molecule has 0 radical (unpaired) electrons. The number of carboxylic acids is 1. The van der Waals surface area contributed by atoms with E-state index in [2.05, 4.69) is 5.32 Å². The number of thioether (sulfide) groups is 1. The molecule has 6 heteroatoms. The van der Waals surface area contributed by atoms with Gasteiger partial charge < -0.3 is 20.0 Å². The maximum atomic E-state index is 11.9. The van der Waals surface area contributed by atoms with E-state index in [1.54, 1.807) is 36.4 Å². The van der Waals surface area contributed by atoms with Crippen molar-refractivity contribution < 1.29 is 19.4 Å². The van der Waals surface area contributed by atoms with Gasteiger partial charge in [0.25, 0.3) is 0 Å². The molecule has 1 N–H and O–H groups in total. The Kier molecular flexibility index (Phi) is 6.69. The number of aromatic carboxylic acids is 1. The van der Waals surface area contributed by atoms with Gasteiger partial charge in [0.05, 0.1) is 18.3 Å². The third-order valence-electron chi connectivity index (χ3n) is 3.11. The third-order valence-corrected chi connectivity index (χ3v) is 4.12. The number of amides is 1. The molecule has 0 heterocycles. The van der Waals surface area contributed by atoms with Crippen LogP contribution in [0.3, 0.4) is 0 Å². The second-order valence-corrected chi connectivity index (χ2v) is 5.97. The van der Waals surface area contributed by atoms with Crippen molar-refractivity contribution in [2.45, 2.75) is 12.7 Å². The van der Waals surface area contributed by atoms with E-state index in [9.17, 15) is 14.7 Å². The van der Waals surface area contributed by atoms with E-state index in [1.807, 2.05) is 13.0 Å². The molecule has 0 saturated heterocycles. The number of hydrogen-bond acceptors (Lipinski definition) is 5. The highest BCUT2D eigenvalue weighted by atomic mass is 32.2. The Morgan fingerprint density at radius 3 is 2.58 bits per heavy atom. The van der Waals surface area contributed by atoms with E-state index in [1.165, 1.54) is 17.8 Å². The van der Waals surface area contributed by atoms with Crippen molar-refractivity contribution in [2.24, 2.45) is 0 Å². The Morgan fingerprint density at radius 1 is 1.17 bits per heavy atom. The number of benzene rings is 2. The van der Waals surface area contributed by atoms with Gasteiger partial charge in [-0.05, 0) is 48.4 Å². The maximum Gasteiger partial charge on any atom is 0.234 e. The van der Waals surface area contributed by atoms with Crippen LogP contribution in [-0.4, -0.2) is 24.2 Å². The molecule has 1 amide bonds. The van der Waals surface area contributed by atoms with Crippen LogP contribution < -0.4 is 15.2 Å². The summed E-state index contributed by atoms with van der Waals surface area (Å²) in [6.07, 6.45) is 0. The van der Waals surface area contributed by atoms with Crippen molar-refractivity contribution in [1.82, 2.24) is 0 Å². The molecule has 2 rings (SSSR count). The van der Waals surface area contributed by atoms with Gasteiger partial charge in [-0.2, -0.15) is 0 Å². The number of anilines is 1. The normalized spacial score (nSPS) is 10.2. The second kappa shape index (κ2) is 8.98. The van der Waals surface area contributed by atoms with Crippen LogP contribution in [0.5, 0.6) is 5.75 Å². The molecule has 0 fully saturated rings. The fourth-order valence-electron chi connectivity index (χ4n) is 2.05. The van der Waals surface area contributed by atoms with Gasteiger partial charge in [0.1, 0.15) is 5.75 Å². The first-order chi connectivity index (χ1) is 11.6. The lowest BCUT2D eigenvalue weighted by Gasteiger charge is -2.08. The Hall–Kier alpha value is -2.47. The highest BCUT2D eigenvalue weighted by Gasteiger charge is 2.04. The van der Waals surface area contributed by atoms with Gasteiger partial charge in [-0.15, -0.1) is 11.8 Å². The lowest BCUT2D eigenvalue weighted by Crippen LogP contribution is -2.22. The number of carbonyl (C=O) groups excluding carboxylic acids is 2. The molecular weight excluding hydrogens is 326 g/mol. The van der Waals surface area contributed by atoms with Crippen LogP contribution in [0.2, 0.25) is 0 Å². The first-order valence-electron chi connectivity index (χ1n) is 7.49. The summed E-state index contributed by atoms with van der Waals surface area (Å²) in [6, 6.07) is 13.7. The minimum absolute atomic E-state index is 0.111. The zero-order valence-electron chi connectivity index (χ0n) is 13.3. The summed E-state index contributed by atoms with van der Waals surface area (Å²) in [7, 11) is 0. The summed E-state index contributed by atoms with van der Waals surface area (Å²) in [4.78, 5) is 22.7. The lowest BCUT2D eigenvalue weighted by atomic mass is 10.1. The molecule has 2 aromatic rings. The van der Waals surface area contributed by atoms with Gasteiger partial charge in [-0.3, -0.25) is 4.79 Å². The zero-order valence-corrected chi connectivity index (χ0v) is 14.1. The predicted octanol–water partition coefficient (Wildman–Crippen LogP) is 2.32. The summed E-state index contributed by atoms with van der Waals surface area (Å²) < 4.78 is 5.34. The van der Waals surface area contributed by atoms with E-state index in [0.717, 1.165) is 11.3 Å². The molecule has 24 heavy (non-hydrogen) atoms. The van der Waals surface area contributed by atoms with Crippen molar-refractivity contribution in [3.8, 4) is 5.75 Å². The number of nitrogens with one attached hydrogen (secondary N) is 1. The highest BCUT2D eigenvalue weighted by Crippen LogP contribution is 2.17. The van der Waals surface area contributed by atoms with E-state index in [4.69, 9.17) is 4.74 Å². The molecule has 0 atom stereocenters. The Labute approximate surface area is 145 Å². The average Bonchev–Trinajstić information content (AvgIpc) is 2.57. The van der Waals surface area contributed by atoms with Crippen molar-refractivity contribution in [1.29, 1.82) is 0 Å². The van der Waals surface area contributed by atoms with Gasteiger partial charge >= 0.3 is 0 Å². The molecule has 0 unspecified atom stereocenters. The van der Waals surface area contributed by atoms with E-state index < -0.39 is 5.97 Å². The minimum Gasteiger partial charge on any atom is -0.545 e. The van der Waals surface area contributed by atoms with Gasteiger partial charge in [0.2, 0.25) is 5.91 Å². The number of rotatable bonds is 8. The van der Waals surface area contributed by atoms with Crippen LogP contribution in [0, 0.1) is 0 Å². The molecule has 2 aromatic carbocycles. The Balaban J connectivity index is 1.78. The molecule has 0 aromatic heterocycles. The lowest BCUT2D eigenvalue weighted by molar-refractivity contribution is -0.255. The molecule has 0 saturated carbocycles. The molecule has 126 valence electrons. The SMILES string of the molecule is CCOc1ccc(NC(=O)CSCc2cccc(C(=O)[O-])c2)cc1. The van der Waals surface area contributed by atoms with Crippen LogP contribution >= 0.6 is 11.8 Å². The van der Waals surface area contributed by atoms with Crippen LogP contribution in [0.15, 0.2) is 48.5 Å². The van der Waals surface area contributed by atoms with Crippen LogP contribution in [-0.2, 0) is 10.5 Å². The van der Waals surface area contributed by atoms with Crippen molar-refractivity contribution in [3.05, 3.63) is 59.7 Å². The monoisotopic (exact) mass is 344 g/mol. The number of ether oxygens (including phenoxy) is 1. The summed E-state index contributed by atoms with van der Waals surface area (Å²) in [6.45, 7) is 2.51. The predicted molar refractivity (Wildman–Crippen MR) is 93.2 cm³/mol. The van der Waals surface area contributed by atoms with Gasteiger partial charge in [0.15, 0.2) is 0 Å². The number of carbonyl (C=O) groups is 2. The molecule has 5 nitrogen and oxygen atoms in total. The fourth-order valence-corrected chi connectivity index (χ4v) is 2.82. The zero-order chi connectivity index (χ0) is 17.4. The topological polar surface area (TPSA) is 78.5 Å². The van der Waals surface area contributed by atoms with Gasteiger partial charge in [-0.25, -0.2) is 0 Å². The summed E-state index contributed by atoms with van der Waals surface area (Å²) >= 11 is 1.42. The van der Waals surface area contributed by atoms with Crippen LogP contribution in [0.25, 0.3) is 0 Å².